The van der Waals surface area contributed by atoms with E-state index in [1.165, 1.54) is 5.56 Å². The van der Waals surface area contributed by atoms with E-state index in [-0.39, 0.29) is 0 Å². The summed E-state index contributed by atoms with van der Waals surface area (Å²) in [6.07, 6.45) is 1.40. The van der Waals surface area contributed by atoms with Crippen molar-refractivity contribution in [1.82, 2.24) is 0 Å². The smallest absolute Gasteiger partial charge is 0.126 e. The summed E-state index contributed by atoms with van der Waals surface area (Å²) in [5.74, 6) is 0.917. The van der Waals surface area contributed by atoms with Crippen LogP contribution in [-0.4, -0.2) is 11.7 Å². The molecule has 0 aromatic heterocycles. The maximum absolute atomic E-state index is 10.9. The Balaban J connectivity index is 1.96. The quantitative estimate of drug-likeness (QED) is 0.866. The molecule has 1 unspecified atom stereocenters. The molecule has 2 aromatic carbocycles. The van der Waals surface area contributed by atoms with Gasteiger partial charge in [-0.3, -0.25) is 0 Å². The van der Waals surface area contributed by atoms with Crippen LogP contribution in [0.25, 0.3) is 0 Å². The SMILES string of the molecule is CC(O)(Cc1cc(Br)cc2c1OCC2)c1cccc(Cl)c1. The fourth-order valence-corrected chi connectivity index (χ4v) is 3.52. The largest absolute Gasteiger partial charge is 0.493 e. The number of rotatable bonds is 3. The highest BCUT2D eigenvalue weighted by atomic mass is 79.9. The van der Waals surface area contributed by atoms with Crippen LogP contribution in [0, 0.1) is 0 Å². The van der Waals surface area contributed by atoms with Crippen LogP contribution < -0.4 is 4.74 Å². The van der Waals surface area contributed by atoms with E-state index < -0.39 is 5.60 Å². The second-order valence-electron chi connectivity index (χ2n) is 5.61. The summed E-state index contributed by atoms with van der Waals surface area (Å²) < 4.78 is 6.75. The highest BCUT2D eigenvalue weighted by Gasteiger charge is 2.27. The van der Waals surface area contributed by atoms with E-state index in [1.807, 2.05) is 18.2 Å². The van der Waals surface area contributed by atoms with Crippen molar-refractivity contribution in [2.75, 3.05) is 6.61 Å². The molecule has 0 radical (unpaired) electrons. The monoisotopic (exact) mass is 366 g/mol. The van der Waals surface area contributed by atoms with Crippen LogP contribution in [0.4, 0.5) is 0 Å². The molecular weight excluding hydrogens is 352 g/mol. The van der Waals surface area contributed by atoms with Crippen molar-refractivity contribution in [2.45, 2.75) is 25.4 Å². The summed E-state index contributed by atoms with van der Waals surface area (Å²) in [6, 6.07) is 11.5. The predicted octanol–water partition coefficient (Wildman–Crippen LogP) is 4.49. The molecule has 0 bridgehead atoms. The molecule has 21 heavy (non-hydrogen) atoms. The minimum Gasteiger partial charge on any atom is -0.493 e. The van der Waals surface area contributed by atoms with Crippen LogP contribution in [0.3, 0.4) is 0 Å². The third kappa shape index (κ3) is 3.10. The molecule has 0 spiro atoms. The zero-order valence-corrected chi connectivity index (χ0v) is 14.0. The van der Waals surface area contributed by atoms with Gasteiger partial charge in [0.15, 0.2) is 0 Å². The first-order chi connectivity index (χ1) is 9.95. The van der Waals surface area contributed by atoms with Gasteiger partial charge in [0, 0.05) is 22.3 Å². The first-order valence-corrected chi connectivity index (χ1v) is 8.05. The average molecular weight is 368 g/mol. The molecule has 1 heterocycles. The normalized spacial score (nSPS) is 16.2. The molecule has 1 aliphatic rings. The van der Waals surface area contributed by atoms with Gasteiger partial charge in [-0.15, -0.1) is 0 Å². The van der Waals surface area contributed by atoms with Gasteiger partial charge in [-0.25, -0.2) is 0 Å². The Labute approximate surface area is 137 Å². The summed E-state index contributed by atoms with van der Waals surface area (Å²) in [5.41, 5.74) is 2.02. The third-order valence-corrected chi connectivity index (χ3v) is 4.50. The molecule has 1 aliphatic heterocycles. The van der Waals surface area contributed by atoms with Crippen LogP contribution in [0.5, 0.6) is 5.75 Å². The fraction of sp³-hybridized carbons (Fsp3) is 0.294. The van der Waals surface area contributed by atoms with Crippen molar-refractivity contribution in [3.63, 3.8) is 0 Å². The Morgan fingerprint density at radius 1 is 1.33 bits per heavy atom. The molecule has 0 saturated carbocycles. The molecule has 0 fully saturated rings. The van der Waals surface area contributed by atoms with E-state index >= 15 is 0 Å². The van der Waals surface area contributed by atoms with Crippen molar-refractivity contribution in [2.24, 2.45) is 0 Å². The molecule has 3 rings (SSSR count). The molecule has 0 aliphatic carbocycles. The standard InChI is InChI=1S/C17H16BrClO2/c1-17(20,13-3-2-4-15(19)9-13)10-12-8-14(18)7-11-5-6-21-16(11)12/h2-4,7-9,20H,5-6,10H2,1H3. The Morgan fingerprint density at radius 3 is 2.90 bits per heavy atom. The minimum absolute atomic E-state index is 0.481. The van der Waals surface area contributed by atoms with Gasteiger partial charge in [-0.1, -0.05) is 39.7 Å². The molecular formula is C17H16BrClO2. The van der Waals surface area contributed by atoms with Gasteiger partial charge in [0.2, 0.25) is 0 Å². The summed E-state index contributed by atoms with van der Waals surface area (Å²) in [5, 5.41) is 11.5. The number of benzene rings is 2. The first-order valence-electron chi connectivity index (χ1n) is 6.88. The zero-order chi connectivity index (χ0) is 15.0. The molecule has 0 saturated heterocycles. The van der Waals surface area contributed by atoms with Crippen LogP contribution in [0.2, 0.25) is 5.02 Å². The summed E-state index contributed by atoms with van der Waals surface area (Å²) in [4.78, 5) is 0. The van der Waals surface area contributed by atoms with Crippen LogP contribution in [0.1, 0.15) is 23.6 Å². The lowest BCUT2D eigenvalue weighted by Gasteiger charge is -2.25. The maximum atomic E-state index is 10.9. The second-order valence-corrected chi connectivity index (χ2v) is 6.96. The molecule has 1 N–H and O–H groups in total. The van der Waals surface area contributed by atoms with Crippen molar-refractivity contribution in [3.05, 3.63) is 62.6 Å². The highest BCUT2D eigenvalue weighted by molar-refractivity contribution is 9.10. The van der Waals surface area contributed by atoms with Crippen molar-refractivity contribution < 1.29 is 9.84 Å². The minimum atomic E-state index is -0.995. The van der Waals surface area contributed by atoms with Gasteiger partial charge in [0.1, 0.15) is 5.75 Å². The number of hydrogen-bond acceptors (Lipinski definition) is 2. The van der Waals surface area contributed by atoms with Gasteiger partial charge in [-0.2, -0.15) is 0 Å². The van der Waals surface area contributed by atoms with Crippen molar-refractivity contribution in [1.29, 1.82) is 0 Å². The fourth-order valence-electron chi connectivity index (χ4n) is 2.77. The molecule has 2 nitrogen and oxygen atoms in total. The molecule has 1 atom stereocenters. The summed E-state index contributed by atoms with van der Waals surface area (Å²) in [6.45, 7) is 2.51. The lowest BCUT2D eigenvalue weighted by molar-refractivity contribution is 0.0569. The van der Waals surface area contributed by atoms with Crippen molar-refractivity contribution >= 4 is 27.5 Å². The number of hydrogen-bond donors (Lipinski definition) is 1. The first kappa shape index (κ1) is 14.9. The van der Waals surface area contributed by atoms with E-state index in [9.17, 15) is 5.11 Å². The molecule has 0 amide bonds. The van der Waals surface area contributed by atoms with E-state index in [4.69, 9.17) is 16.3 Å². The highest BCUT2D eigenvalue weighted by Crippen LogP contribution is 2.37. The summed E-state index contributed by atoms with van der Waals surface area (Å²) in [7, 11) is 0. The second kappa shape index (κ2) is 5.64. The van der Waals surface area contributed by atoms with E-state index in [2.05, 4.69) is 22.0 Å². The Morgan fingerprint density at radius 2 is 2.14 bits per heavy atom. The number of ether oxygens (including phenoxy) is 1. The van der Waals surface area contributed by atoms with E-state index in [0.29, 0.717) is 18.1 Å². The molecule has 2 aromatic rings. The Hall–Kier alpha value is -1.03. The number of aliphatic hydroxyl groups is 1. The molecule has 4 heteroatoms. The number of halogens is 2. The lowest BCUT2D eigenvalue weighted by atomic mass is 9.88. The van der Waals surface area contributed by atoms with Gasteiger partial charge < -0.3 is 9.84 Å². The lowest BCUT2D eigenvalue weighted by Crippen LogP contribution is -2.24. The van der Waals surface area contributed by atoms with Crippen molar-refractivity contribution in [3.8, 4) is 5.75 Å². The van der Waals surface area contributed by atoms with Gasteiger partial charge in [0.25, 0.3) is 0 Å². The summed E-state index contributed by atoms with van der Waals surface area (Å²) >= 11 is 9.56. The third-order valence-electron chi connectivity index (χ3n) is 3.81. The van der Waals surface area contributed by atoms with Gasteiger partial charge in [-0.05, 0) is 47.9 Å². The maximum Gasteiger partial charge on any atom is 0.126 e. The van der Waals surface area contributed by atoms with Gasteiger partial charge in [0.05, 0.1) is 12.2 Å². The predicted molar refractivity (Wildman–Crippen MR) is 88.1 cm³/mol. The van der Waals surface area contributed by atoms with Crippen LogP contribution >= 0.6 is 27.5 Å². The Kier molecular flexibility index (Phi) is 4.00. The molecule has 110 valence electrons. The topological polar surface area (TPSA) is 29.5 Å². The number of fused-ring (bicyclic) bond motifs is 1. The van der Waals surface area contributed by atoms with Gasteiger partial charge >= 0.3 is 0 Å². The van der Waals surface area contributed by atoms with Crippen LogP contribution in [-0.2, 0) is 18.4 Å². The van der Waals surface area contributed by atoms with E-state index in [0.717, 1.165) is 27.8 Å². The zero-order valence-electron chi connectivity index (χ0n) is 11.7. The average Bonchev–Trinajstić information content (AvgIpc) is 2.86. The Bertz CT molecular complexity index is 682. The van der Waals surface area contributed by atoms with Crippen LogP contribution in [0.15, 0.2) is 40.9 Å². The van der Waals surface area contributed by atoms with E-state index in [1.54, 1.807) is 19.1 Å².